The average Bonchev–Trinajstić information content (AvgIpc) is 3.11. The number of benzene rings is 2. The third-order valence-corrected chi connectivity index (χ3v) is 5.79. The minimum atomic E-state index is -1.30. The Bertz CT molecular complexity index is 1130. The first-order valence-electron chi connectivity index (χ1n) is 8.71. The predicted molar refractivity (Wildman–Crippen MR) is 102 cm³/mol. The van der Waals surface area contributed by atoms with Crippen molar-refractivity contribution in [2.45, 2.75) is 30.8 Å². The van der Waals surface area contributed by atoms with Gasteiger partial charge in [0, 0.05) is 23.3 Å². The van der Waals surface area contributed by atoms with Gasteiger partial charge in [-0.2, -0.15) is 0 Å². The van der Waals surface area contributed by atoms with Crippen molar-refractivity contribution < 1.29 is 18.2 Å². The second-order valence-electron chi connectivity index (χ2n) is 6.59. The first-order chi connectivity index (χ1) is 13.0. The minimum absolute atomic E-state index is 0.0512. The van der Waals surface area contributed by atoms with E-state index in [0.29, 0.717) is 16.0 Å². The molecule has 0 spiro atoms. The van der Waals surface area contributed by atoms with E-state index in [1.54, 1.807) is 24.3 Å². The lowest BCUT2D eigenvalue weighted by Gasteiger charge is -2.10. The van der Waals surface area contributed by atoms with Crippen LogP contribution in [0.5, 0.6) is 0 Å². The molecule has 27 heavy (non-hydrogen) atoms. The molecule has 138 valence electrons. The van der Waals surface area contributed by atoms with Crippen molar-refractivity contribution in [3.63, 3.8) is 0 Å². The third kappa shape index (κ3) is 3.45. The summed E-state index contributed by atoms with van der Waals surface area (Å²) >= 11 is 0. The molecule has 0 bridgehead atoms. The quantitative estimate of drug-likeness (QED) is 0.511. The molecule has 4 rings (SSSR count). The lowest BCUT2D eigenvalue weighted by atomic mass is 10.0. The molecule has 1 atom stereocenters. The highest BCUT2D eigenvalue weighted by Gasteiger charge is 2.18. The third-order valence-electron chi connectivity index (χ3n) is 4.82. The van der Waals surface area contributed by atoms with Gasteiger partial charge in [-0.15, -0.1) is 0 Å². The van der Waals surface area contributed by atoms with E-state index < -0.39 is 22.4 Å². The molecular weight excluding hydrogens is 364 g/mol. The summed E-state index contributed by atoms with van der Waals surface area (Å²) in [6, 6.07) is 12.0. The molecule has 1 heterocycles. The number of carbonyl (C=O) groups is 1. The summed E-state index contributed by atoms with van der Waals surface area (Å²) < 4.78 is 22.6. The number of rotatable bonds is 4. The summed E-state index contributed by atoms with van der Waals surface area (Å²) in [7, 11) is -1.30. The molecule has 2 aromatic carbocycles. The van der Waals surface area contributed by atoms with Crippen LogP contribution >= 0.6 is 0 Å². The topological polar surface area (TPSA) is 73.6 Å². The number of carbonyl (C=O) groups excluding carboxylic acids is 1. The van der Waals surface area contributed by atoms with Crippen molar-refractivity contribution >= 4 is 27.7 Å². The van der Waals surface area contributed by atoms with Crippen molar-refractivity contribution in [2.24, 2.45) is 0 Å². The summed E-state index contributed by atoms with van der Waals surface area (Å²) in [5.74, 6) is -0.566. The van der Waals surface area contributed by atoms with Gasteiger partial charge in [0.1, 0.15) is 12.2 Å². The number of ether oxygens (including phenoxy) is 1. The van der Waals surface area contributed by atoms with E-state index in [1.165, 1.54) is 23.4 Å². The number of hydrogen-bond acceptors (Lipinski definition) is 5. The van der Waals surface area contributed by atoms with E-state index in [2.05, 4.69) is 0 Å². The highest BCUT2D eigenvalue weighted by molar-refractivity contribution is 7.84. The summed E-state index contributed by atoms with van der Waals surface area (Å²) in [6.07, 6.45) is 4.59. The van der Waals surface area contributed by atoms with Crippen LogP contribution in [0, 0.1) is 0 Å². The van der Waals surface area contributed by atoms with Gasteiger partial charge in [0.25, 0.3) is 0 Å². The van der Waals surface area contributed by atoms with Gasteiger partial charge in [-0.1, -0.05) is 12.1 Å². The lowest BCUT2D eigenvalue weighted by Crippen LogP contribution is -2.10. The summed E-state index contributed by atoms with van der Waals surface area (Å²) in [5.41, 5.74) is 3.38. The Labute approximate surface area is 158 Å². The molecule has 0 unspecified atom stereocenters. The van der Waals surface area contributed by atoms with Crippen LogP contribution in [-0.2, 0) is 35.0 Å². The van der Waals surface area contributed by atoms with Gasteiger partial charge in [-0.05, 0) is 54.7 Å². The van der Waals surface area contributed by atoms with Gasteiger partial charge in [0.2, 0.25) is 0 Å². The van der Waals surface area contributed by atoms with E-state index in [4.69, 9.17) is 9.15 Å². The lowest BCUT2D eigenvalue weighted by molar-refractivity contribution is 0.0469. The van der Waals surface area contributed by atoms with E-state index in [1.807, 2.05) is 12.1 Å². The molecule has 1 aliphatic carbocycles. The van der Waals surface area contributed by atoms with E-state index in [9.17, 15) is 13.8 Å². The average molecular weight is 382 g/mol. The molecule has 1 aromatic heterocycles. The van der Waals surface area contributed by atoms with E-state index >= 15 is 0 Å². The highest BCUT2D eigenvalue weighted by atomic mass is 32.2. The predicted octanol–water partition coefficient (Wildman–Crippen LogP) is 3.38. The molecule has 0 aliphatic heterocycles. The zero-order valence-corrected chi connectivity index (χ0v) is 15.6. The first kappa shape index (κ1) is 17.7. The van der Waals surface area contributed by atoms with Crippen LogP contribution in [0.1, 0.15) is 33.5 Å². The number of aryl methyl sites for hydroxylation is 2. The fourth-order valence-corrected chi connectivity index (χ4v) is 4.25. The smallest absolute Gasteiger partial charge is 0.339 e. The van der Waals surface area contributed by atoms with Crippen LogP contribution in [0.25, 0.3) is 11.0 Å². The molecule has 0 fully saturated rings. The van der Waals surface area contributed by atoms with Crippen molar-refractivity contribution in [1.82, 2.24) is 0 Å². The largest absolute Gasteiger partial charge is 0.457 e. The maximum Gasteiger partial charge on any atom is 0.339 e. The van der Waals surface area contributed by atoms with Crippen LogP contribution in [0.4, 0.5) is 0 Å². The SMILES string of the molecule is C[S@](=O)c1ccccc1C(=O)OCc1cc(=O)oc2cc3c(cc12)CCC3. The molecule has 5 nitrogen and oxygen atoms in total. The molecular formula is C21H18O5S. The van der Waals surface area contributed by atoms with Gasteiger partial charge in [0.15, 0.2) is 0 Å². The van der Waals surface area contributed by atoms with Crippen LogP contribution in [0.3, 0.4) is 0 Å². The van der Waals surface area contributed by atoms with Crippen LogP contribution in [0.15, 0.2) is 56.6 Å². The fourth-order valence-electron chi connectivity index (χ4n) is 3.52. The van der Waals surface area contributed by atoms with Crippen molar-refractivity contribution in [3.05, 3.63) is 75.1 Å². The first-order valence-corrected chi connectivity index (χ1v) is 10.3. The number of esters is 1. The fraction of sp³-hybridized carbons (Fsp3) is 0.238. The summed E-state index contributed by atoms with van der Waals surface area (Å²) in [5, 5.41) is 0.787. The standard InChI is InChI=1S/C21H18O5S/c1-27(24)19-8-3-2-7-16(19)21(23)25-12-15-11-20(22)26-18-10-14-6-4-5-13(14)9-17(15)18/h2-3,7-11H,4-6,12H2,1H3/t27-/m0/s1. The Kier molecular flexibility index (Phi) is 4.66. The molecule has 0 radical (unpaired) electrons. The van der Waals surface area contributed by atoms with Gasteiger partial charge >= 0.3 is 11.6 Å². The van der Waals surface area contributed by atoms with Crippen molar-refractivity contribution in [2.75, 3.05) is 6.26 Å². The second-order valence-corrected chi connectivity index (χ2v) is 7.94. The molecule has 3 aromatic rings. The molecule has 6 heteroatoms. The normalized spacial score (nSPS) is 14.1. The van der Waals surface area contributed by atoms with E-state index in [0.717, 1.165) is 24.6 Å². The summed E-state index contributed by atoms with van der Waals surface area (Å²) in [4.78, 5) is 24.8. The van der Waals surface area contributed by atoms with Crippen LogP contribution in [-0.4, -0.2) is 16.4 Å². The number of hydrogen-bond donors (Lipinski definition) is 0. The van der Waals surface area contributed by atoms with Crippen molar-refractivity contribution in [1.29, 1.82) is 0 Å². The Morgan fingerprint density at radius 3 is 2.67 bits per heavy atom. The summed E-state index contributed by atoms with van der Waals surface area (Å²) in [6.45, 7) is -0.0512. The number of fused-ring (bicyclic) bond motifs is 2. The highest BCUT2D eigenvalue weighted by Crippen LogP contribution is 2.29. The molecule has 0 saturated heterocycles. The Morgan fingerprint density at radius 1 is 1.15 bits per heavy atom. The zero-order valence-electron chi connectivity index (χ0n) is 14.8. The Balaban J connectivity index is 1.65. The maximum absolute atomic E-state index is 12.5. The van der Waals surface area contributed by atoms with Crippen LogP contribution in [0.2, 0.25) is 0 Å². The van der Waals surface area contributed by atoms with Gasteiger partial charge in [-0.25, -0.2) is 9.59 Å². The molecule has 1 aliphatic rings. The van der Waals surface area contributed by atoms with Crippen molar-refractivity contribution in [3.8, 4) is 0 Å². The molecule has 0 saturated carbocycles. The Hall–Kier alpha value is -2.73. The van der Waals surface area contributed by atoms with Gasteiger partial charge < -0.3 is 9.15 Å². The van der Waals surface area contributed by atoms with Gasteiger partial charge in [-0.3, -0.25) is 4.21 Å². The maximum atomic E-state index is 12.5. The molecule has 0 N–H and O–H groups in total. The zero-order chi connectivity index (χ0) is 19.0. The van der Waals surface area contributed by atoms with E-state index in [-0.39, 0.29) is 12.2 Å². The van der Waals surface area contributed by atoms with Crippen LogP contribution < -0.4 is 5.63 Å². The monoisotopic (exact) mass is 382 g/mol. The molecule has 0 amide bonds. The minimum Gasteiger partial charge on any atom is -0.457 e. The Morgan fingerprint density at radius 2 is 1.89 bits per heavy atom. The second kappa shape index (κ2) is 7.12. The van der Waals surface area contributed by atoms with Gasteiger partial charge in [0.05, 0.1) is 21.3 Å².